The van der Waals surface area contributed by atoms with Crippen LogP contribution in [0.15, 0.2) is 24.3 Å². The lowest BCUT2D eigenvalue weighted by Crippen LogP contribution is -2.27. The van der Waals surface area contributed by atoms with Crippen molar-refractivity contribution in [2.24, 2.45) is 5.92 Å². The van der Waals surface area contributed by atoms with E-state index in [2.05, 4.69) is 5.32 Å². The number of halogens is 1. The van der Waals surface area contributed by atoms with Crippen molar-refractivity contribution < 1.29 is 9.13 Å². The quantitative estimate of drug-likeness (QED) is 0.818. The number of hydrogen-bond acceptors (Lipinski definition) is 2. The molecule has 2 saturated carbocycles. The van der Waals surface area contributed by atoms with Crippen LogP contribution in [-0.2, 0) is 4.74 Å². The molecule has 3 rings (SSSR count). The van der Waals surface area contributed by atoms with Gasteiger partial charge in [-0.2, -0.15) is 0 Å². The highest BCUT2D eigenvalue weighted by Crippen LogP contribution is 2.28. The highest BCUT2D eigenvalue weighted by atomic mass is 19.1. The zero-order chi connectivity index (χ0) is 13.8. The van der Waals surface area contributed by atoms with E-state index in [0.717, 1.165) is 13.2 Å². The monoisotopic (exact) mass is 277 g/mol. The summed E-state index contributed by atoms with van der Waals surface area (Å²) < 4.78 is 20.0. The lowest BCUT2D eigenvalue weighted by atomic mass is 10.1. The summed E-state index contributed by atoms with van der Waals surface area (Å²) in [4.78, 5) is 0. The Morgan fingerprint density at radius 3 is 2.60 bits per heavy atom. The van der Waals surface area contributed by atoms with E-state index >= 15 is 0 Å². The van der Waals surface area contributed by atoms with Gasteiger partial charge in [0.15, 0.2) is 0 Å². The number of rotatable bonds is 7. The van der Waals surface area contributed by atoms with E-state index in [1.165, 1.54) is 44.6 Å². The lowest BCUT2D eigenvalue weighted by molar-refractivity contribution is 0.0272. The molecule has 1 N–H and O–H groups in total. The normalized spacial score (nSPS) is 21.2. The predicted molar refractivity (Wildman–Crippen MR) is 78.1 cm³/mol. The summed E-state index contributed by atoms with van der Waals surface area (Å²) in [6.45, 7) is 1.49. The van der Waals surface area contributed by atoms with Crippen molar-refractivity contribution in [1.29, 1.82) is 0 Å². The molecule has 0 amide bonds. The molecule has 0 heterocycles. The van der Waals surface area contributed by atoms with Crippen LogP contribution in [0.2, 0.25) is 0 Å². The minimum atomic E-state index is -0.155. The van der Waals surface area contributed by atoms with Crippen LogP contribution in [-0.4, -0.2) is 19.2 Å². The van der Waals surface area contributed by atoms with Crippen molar-refractivity contribution in [2.75, 3.05) is 13.2 Å². The molecule has 2 aliphatic carbocycles. The maximum Gasteiger partial charge on any atom is 0.129 e. The third kappa shape index (κ3) is 3.80. The predicted octanol–water partition coefficient (Wildman–Crippen LogP) is 3.83. The first-order valence-corrected chi connectivity index (χ1v) is 7.92. The maximum absolute atomic E-state index is 14.0. The van der Waals surface area contributed by atoms with Crippen molar-refractivity contribution in [2.45, 2.75) is 50.7 Å². The van der Waals surface area contributed by atoms with Gasteiger partial charge in [0.05, 0.1) is 12.7 Å². The summed E-state index contributed by atoms with van der Waals surface area (Å²) in [5.41, 5.74) is 0.693. The molecule has 3 heteroatoms. The van der Waals surface area contributed by atoms with Crippen LogP contribution in [0.1, 0.15) is 50.2 Å². The van der Waals surface area contributed by atoms with Crippen molar-refractivity contribution in [3.05, 3.63) is 35.6 Å². The first kappa shape index (κ1) is 14.0. The van der Waals surface area contributed by atoms with E-state index in [9.17, 15) is 4.39 Å². The Morgan fingerprint density at radius 1 is 1.15 bits per heavy atom. The van der Waals surface area contributed by atoms with Gasteiger partial charge in [-0.05, 0) is 37.7 Å². The summed E-state index contributed by atoms with van der Waals surface area (Å²) in [7, 11) is 0. The molecular formula is C17H24FNO. The van der Waals surface area contributed by atoms with Crippen LogP contribution in [0, 0.1) is 11.7 Å². The van der Waals surface area contributed by atoms with Gasteiger partial charge >= 0.3 is 0 Å². The van der Waals surface area contributed by atoms with Crippen LogP contribution in [0.25, 0.3) is 0 Å². The first-order valence-electron chi connectivity index (χ1n) is 7.92. The third-order valence-electron chi connectivity index (χ3n) is 4.43. The second kappa shape index (κ2) is 6.68. The number of hydrogen-bond donors (Lipinski definition) is 1. The molecule has 0 radical (unpaired) electrons. The van der Waals surface area contributed by atoms with Crippen LogP contribution in [0.3, 0.4) is 0 Å². The fourth-order valence-electron chi connectivity index (χ4n) is 2.99. The van der Waals surface area contributed by atoms with Gasteiger partial charge in [-0.15, -0.1) is 0 Å². The van der Waals surface area contributed by atoms with Gasteiger partial charge in [-0.3, -0.25) is 0 Å². The Labute approximate surface area is 120 Å². The Morgan fingerprint density at radius 2 is 1.90 bits per heavy atom. The van der Waals surface area contributed by atoms with Gasteiger partial charge < -0.3 is 10.1 Å². The van der Waals surface area contributed by atoms with Crippen molar-refractivity contribution >= 4 is 0 Å². The molecule has 0 aliphatic heterocycles. The summed E-state index contributed by atoms with van der Waals surface area (Å²) in [5.74, 6) is 0.520. The Hall–Kier alpha value is -0.930. The van der Waals surface area contributed by atoms with E-state index in [4.69, 9.17) is 4.74 Å². The van der Waals surface area contributed by atoms with Gasteiger partial charge in [0.2, 0.25) is 0 Å². The SMILES string of the molecule is Fc1ccccc1C(CNC1CC1)OCC1CCCC1. The summed E-state index contributed by atoms with van der Waals surface area (Å²) in [6.07, 6.45) is 7.49. The Kier molecular flexibility index (Phi) is 4.69. The van der Waals surface area contributed by atoms with Gasteiger partial charge in [0, 0.05) is 18.2 Å². The fraction of sp³-hybridized carbons (Fsp3) is 0.647. The van der Waals surface area contributed by atoms with E-state index in [1.54, 1.807) is 6.07 Å². The first-order chi connectivity index (χ1) is 9.83. The largest absolute Gasteiger partial charge is 0.372 e. The van der Waals surface area contributed by atoms with Gasteiger partial charge in [0.25, 0.3) is 0 Å². The van der Waals surface area contributed by atoms with E-state index < -0.39 is 0 Å². The molecular weight excluding hydrogens is 253 g/mol. The van der Waals surface area contributed by atoms with Crippen LogP contribution in [0.5, 0.6) is 0 Å². The maximum atomic E-state index is 14.0. The molecule has 1 aromatic carbocycles. The van der Waals surface area contributed by atoms with Gasteiger partial charge in [-0.25, -0.2) is 4.39 Å². The molecule has 0 aromatic heterocycles. The topological polar surface area (TPSA) is 21.3 Å². The lowest BCUT2D eigenvalue weighted by Gasteiger charge is -2.21. The molecule has 0 saturated heterocycles. The van der Waals surface area contributed by atoms with Crippen LogP contribution >= 0.6 is 0 Å². The zero-order valence-electron chi connectivity index (χ0n) is 12.0. The van der Waals surface area contributed by atoms with Crippen molar-refractivity contribution in [1.82, 2.24) is 5.32 Å². The molecule has 2 fully saturated rings. The standard InChI is InChI=1S/C17H24FNO/c18-16-8-4-3-7-15(16)17(11-19-14-9-10-14)20-12-13-5-1-2-6-13/h3-4,7-8,13-14,17,19H,1-2,5-6,9-12H2. The minimum Gasteiger partial charge on any atom is -0.372 e. The molecule has 110 valence electrons. The zero-order valence-corrected chi connectivity index (χ0v) is 12.0. The summed E-state index contributed by atoms with van der Waals surface area (Å²) >= 11 is 0. The average Bonchev–Trinajstić information content (AvgIpc) is 3.14. The number of ether oxygens (including phenoxy) is 1. The molecule has 1 atom stereocenters. The van der Waals surface area contributed by atoms with Crippen molar-refractivity contribution in [3.63, 3.8) is 0 Å². The fourth-order valence-corrected chi connectivity index (χ4v) is 2.99. The molecule has 2 aliphatic rings. The molecule has 20 heavy (non-hydrogen) atoms. The third-order valence-corrected chi connectivity index (χ3v) is 4.43. The minimum absolute atomic E-state index is 0.151. The van der Waals surface area contributed by atoms with Gasteiger partial charge in [0.1, 0.15) is 5.82 Å². The smallest absolute Gasteiger partial charge is 0.129 e. The second-order valence-corrected chi connectivity index (χ2v) is 6.18. The highest BCUT2D eigenvalue weighted by Gasteiger charge is 2.25. The molecule has 0 bridgehead atoms. The molecule has 1 unspecified atom stereocenters. The molecule has 0 spiro atoms. The summed E-state index contributed by atoms with van der Waals surface area (Å²) in [5, 5.41) is 3.47. The number of benzene rings is 1. The molecule has 2 nitrogen and oxygen atoms in total. The van der Waals surface area contributed by atoms with E-state index in [-0.39, 0.29) is 11.9 Å². The highest BCUT2D eigenvalue weighted by molar-refractivity contribution is 5.20. The number of nitrogens with one attached hydrogen (secondary N) is 1. The average molecular weight is 277 g/mol. The molecule has 1 aromatic rings. The second-order valence-electron chi connectivity index (χ2n) is 6.18. The van der Waals surface area contributed by atoms with Crippen LogP contribution in [0.4, 0.5) is 4.39 Å². The Bertz CT molecular complexity index is 427. The van der Waals surface area contributed by atoms with E-state index in [0.29, 0.717) is 17.5 Å². The Balaban J connectivity index is 1.60. The van der Waals surface area contributed by atoms with Crippen LogP contribution < -0.4 is 5.32 Å². The van der Waals surface area contributed by atoms with Gasteiger partial charge in [-0.1, -0.05) is 31.0 Å². The van der Waals surface area contributed by atoms with Crippen molar-refractivity contribution in [3.8, 4) is 0 Å². The summed E-state index contributed by atoms with van der Waals surface area (Å²) in [6, 6.07) is 7.63. The van der Waals surface area contributed by atoms with E-state index in [1.807, 2.05) is 12.1 Å².